The van der Waals surface area contributed by atoms with Crippen LogP contribution in [0.1, 0.15) is 24.5 Å². The summed E-state index contributed by atoms with van der Waals surface area (Å²) in [5.41, 5.74) is 2.58. The Balaban J connectivity index is 2.49. The van der Waals surface area contributed by atoms with Gasteiger partial charge in [-0.15, -0.1) is 0 Å². The fourth-order valence-electron chi connectivity index (χ4n) is 1.60. The molecule has 0 aliphatic carbocycles. The van der Waals surface area contributed by atoms with E-state index in [2.05, 4.69) is 53.0 Å². The SMILES string of the molecule is Cc1cc(CN(C)CCC(C)O)ccc1Br. The summed E-state index contributed by atoms with van der Waals surface area (Å²) >= 11 is 3.50. The zero-order valence-corrected chi connectivity index (χ0v) is 11.8. The van der Waals surface area contributed by atoms with Crippen LogP contribution in [0.25, 0.3) is 0 Å². The van der Waals surface area contributed by atoms with Crippen LogP contribution >= 0.6 is 15.9 Å². The first-order valence-corrected chi connectivity index (χ1v) is 6.40. The van der Waals surface area contributed by atoms with Crippen LogP contribution in [-0.4, -0.2) is 29.7 Å². The molecule has 0 amide bonds. The van der Waals surface area contributed by atoms with Crippen molar-refractivity contribution in [2.75, 3.05) is 13.6 Å². The molecule has 0 saturated carbocycles. The summed E-state index contributed by atoms with van der Waals surface area (Å²) in [6.45, 7) is 5.79. The van der Waals surface area contributed by atoms with E-state index in [-0.39, 0.29) is 6.10 Å². The highest BCUT2D eigenvalue weighted by Gasteiger charge is 2.03. The topological polar surface area (TPSA) is 23.5 Å². The van der Waals surface area contributed by atoms with E-state index in [0.29, 0.717) is 0 Å². The molecule has 1 aromatic carbocycles. The van der Waals surface area contributed by atoms with Gasteiger partial charge in [-0.1, -0.05) is 28.1 Å². The van der Waals surface area contributed by atoms with E-state index in [1.165, 1.54) is 11.1 Å². The number of nitrogens with zero attached hydrogens (tertiary/aromatic N) is 1. The van der Waals surface area contributed by atoms with Crippen molar-refractivity contribution < 1.29 is 5.11 Å². The van der Waals surface area contributed by atoms with E-state index in [0.717, 1.165) is 24.0 Å². The van der Waals surface area contributed by atoms with Crippen molar-refractivity contribution in [3.63, 3.8) is 0 Å². The van der Waals surface area contributed by atoms with Gasteiger partial charge in [-0.05, 0) is 44.5 Å². The normalized spacial score (nSPS) is 13.1. The molecule has 1 aromatic rings. The highest BCUT2D eigenvalue weighted by molar-refractivity contribution is 9.10. The van der Waals surface area contributed by atoms with Crippen molar-refractivity contribution >= 4 is 15.9 Å². The molecule has 0 spiro atoms. The molecule has 0 heterocycles. The summed E-state index contributed by atoms with van der Waals surface area (Å²) < 4.78 is 1.16. The smallest absolute Gasteiger partial charge is 0.0524 e. The van der Waals surface area contributed by atoms with Crippen LogP contribution in [-0.2, 0) is 6.54 Å². The predicted octanol–water partition coefficient (Wildman–Crippen LogP) is 2.96. The Morgan fingerprint density at radius 1 is 1.44 bits per heavy atom. The van der Waals surface area contributed by atoms with Gasteiger partial charge >= 0.3 is 0 Å². The maximum absolute atomic E-state index is 9.21. The highest BCUT2D eigenvalue weighted by atomic mass is 79.9. The first-order chi connectivity index (χ1) is 7.49. The summed E-state index contributed by atoms with van der Waals surface area (Å²) in [6.07, 6.45) is 0.612. The van der Waals surface area contributed by atoms with Crippen LogP contribution in [0.4, 0.5) is 0 Å². The number of benzene rings is 1. The summed E-state index contributed by atoms with van der Waals surface area (Å²) in [6, 6.07) is 6.42. The minimum absolute atomic E-state index is 0.214. The Morgan fingerprint density at radius 2 is 2.12 bits per heavy atom. The Kier molecular flexibility index (Phi) is 5.46. The molecule has 0 radical (unpaired) electrons. The van der Waals surface area contributed by atoms with E-state index in [4.69, 9.17) is 0 Å². The molecule has 0 fully saturated rings. The van der Waals surface area contributed by atoms with Crippen LogP contribution in [0.15, 0.2) is 22.7 Å². The minimum Gasteiger partial charge on any atom is -0.393 e. The third-order valence-corrected chi connectivity index (χ3v) is 3.49. The molecule has 1 unspecified atom stereocenters. The van der Waals surface area contributed by atoms with Gasteiger partial charge in [0, 0.05) is 17.6 Å². The summed E-state index contributed by atoms with van der Waals surface area (Å²) in [7, 11) is 2.08. The molecule has 0 bridgehead atoms. The highest BCUT2D eigenvalue weighted by Crippen LogP contribution is 2.17. The monoisotopic (exact) mass is 285 g/mol. The molecule has 16 heavy (non-hydrogen) atoms. The van der Waals surface area contributed by atoms with Gasteiger partial charge in [0.2, 0.25) is 0 Å². The molecule has 0 aromatic heterocycles. The summed E-state index contributed by atoms with van der Waals surface area (Å²) in [5, 5.41) is 9.21. The molecular formula is C13H20BrNO. The Hall–Kier alpha value is -0.380. The average Bonchev–Trinajstić information content (AvgIpc) is 2.21. The number of aliphatic hydroxyl groups is 1. The molecule has 2 nitrogen and oxygen atoms in total. The van der Waals surface area contributed by atoms with Gasteiger partial charge in [-0.25, -0.2) is 0 Å². The third kappa shape index (κ3) is 4.64. The van der Waals surface area contributed by atoms with Crippen molar-refractivity contribution in [1.82, 2.24) is 4.90 Å². The molecule has 0 aliphatic rings. The minimum atomic E-state index is -0.214. The first kappa shape index (κ1) is 13.7. The van der Waals surface area contributed by atoms with Crippen molar-refractivity contribution in [3.05, 3.63) is 33.8 Å². The molecule has 90 valence electrons. The van der Waals surface area contributed by atoms with Crippen molar-refractivity contribution in [2.24, 2.45) is 0 Å². The maximum Gasteiger partial charge on any atom is 0.0524 e. The number of rotatable bonds is 5. The maximum atomic E-state index is 9.21. The molecule has 1 rings (SSSR count). The van der Waals surface area contributed by atoms with Crippen LogP contribution < -0.4 is 0 Å². The first-order valence-electron chi connectivity index (χ1n) is 5.60. The van der Waals surface area contributed by atoms with E-state index in [9.17, 15) is 5.11 Å². The Bertz CT molecular complexity index is 339. The van der Waals surface area contributed by atoms with E-state index < -0.39 is 0 Å². The van der Waals surface area contributed by atoms with E-state index >= 15 is 0 Å². The van der Waals surface area contributed by atoms with Gasteiger partial charge < -0.3 is 10.0 Å². The molecule has 0 aliphatic heterocycles. The standard InChI is InChI=1S/C13H20BrNO/c1-10-8-12(4-5-13(10)14)9-15(3)7-6-11(2)16/h4-5,8,11,16H,6-7,9H2,1-3H3. The van der Waals surface area contributed by atoms with Gasteiger partial charge in [0.1, 0.15) is 0 Å². The van der Waals surface area contributed by atoms with Crippen LogP contribution in [0.3, 0.4) is 0 Å². The fraction of sp³-hybridized carbons (Fsp3) is 0.538. The lowest BCUT2D eigenvalue weighted by Gasteiger charge is -2.18. The summed E-state index contributed by atoms with van der Waals surface area (Å²) in [4.78, 5) is 2.23. The van der Waals surface area contributed by atoms with Crippen molar-refractivity contribution in [3.8, 4) is 0 Å². The second-order valence-corrected chi connectivity index (χ2v) is 5.31. The zero-order chi connectivity index (χ0) is 12.1. The Labute approximate surface area is 106 Å². The van der Waals surface area contributed by atoms with E-state index in [1.807, 2.05) is 6.92 Å². The number of halogens is 1. The average molecular weight is 286 g/mol. The van der Waals surface area contributed by atoms with Crippen LogP contribution in [0, 0.1) is 6.92 Å². The van der Waals surface area contributed by atoms with Gasteiger partial charge in [0.05, 0.1) is 6.10 Å². The molecule has 1 N–H and O–H groups in total. The molecule has 0 saturated heterocycles. The third-order valence-electron chi connectivity index (χ3n) is 2.60. The quantitative estimate of drug-likeness (QED) is 0.899. The molecular weight excluding hydrogens is 266 g/mol. The van der Waals surface area contributed by atoms with Crippen molar-refractivity contribution in [1.29, 1.82) is 0 Å². The molecule has 1 atom stereocenters. The molecule has 3 heteroatoms. The number of aliphatic hydroxyl groups excluding tert-OH is 1. The van der Waals surface area contributed by atoms with E-state index in [1.54, 1.807) is 0 Å². The van der Waals surface area contributed by atoms with Gasteiger partial charge in [-0.2, -0.15) is 0 Å². The zero-order valence-electron chi connectivity index (χ0n) is 10.2. The van der Waals surface area contributed by atoms with Crippen LogP contribution in [0.5, 0.6) is 0 Å². The Morgan fingerprint density at radius 3 is 2.69 bits per heavy atom. The number of hydrogen-bond donors (Lipinski definition) is 1. The largest absolute Gasteiger partial charge is 0.393 e. The lowest BCUT2D eigenvalue weighted by atomic mass is 10.1. The predicted molar refractivity (Wildman–Crippen MR) is 71.5 cm³/mol. The van der Waals surface area contributed by atoms with Crippen LogP contribution in [0.2, 0.25) is 0 Å². The van der Waals surface area contributed by atoms with Gasteiger partial charge in [-0.3, -0.25) is 0 Å². The fourth-order valence-corrected chi connectivity index (χ4v) is 1.85. The number of hydrogen-bond acceptors (Lipinski definition) is 2. The summed E-state index contributed by atoms with van der Waals surface area (Å²) in [5.74, 6) is 0. The van der Waals surface area contributed by atoms with Gasteiger partial charge in [0.25, 0.3) is 0 Å². The second-order valence-electron chi connectivity index (χ2n) is 4.46. The van der Waals surface area contributed by atoms with Crippen molar-refractivity contribution in [2.45, 2.75) is 32.9 Å². The second kappa shape index (κ2) is 6.38. The van der Waals surface area contributed by atoms with Gasteiger partial charge in [0.15, 0.2) is 0 Å². The number of aryl methyl sites for hydroxylation is 1. The lowest BCUT2D eigenvalue weighted by molar-refractivity contribution is 0.163. The lowest BCUT2D eigenvalue weighted by Crippen LogP contribution is -2.22.